The number of para-hydroxylation sites is 1. The van der Waals surface area contributed by atoms with E-state index < -0.39 is 11.5 Å². The third-order valence-electron chi connectivity index (χ3n) is 5.14. The number of esters is 1. The molecule has 9 heteroatoms. The van der Waals surface area contributed by atoms with E-state index >= 15 is 0 Å². The minimum absolute atomic E-state index is 0.0364. The third kappa shape index (κ3) is 4.48. The van der Waals surface area contributed by atoms with Crippen LogP contribution in [0.25, 0.3) is 5.69 Å². The molecule has 0 spiro atoms. The number of carbonyl (C=O) groups excluding carboxylic acids is 2. The Labute approximate surface area is 179 Å². The van der Waals surface area contributed by atoms with E-state index in [9.17, 15) is 14.4 Å². The highest BCUT2D eigenvalue weighted by molar-refractivity contribution is 6.33. The molecule has 1 aromatic heterocycles. The SMILES string of the molecule is COC(=O)c1ccccc1-n1ncc(N2CCC(NC(=O)C(C)C)CC2)c(Cl)c1=O. The first-order valence-electron chi connectivity index (χ1n) is 9.84. The van der Waals surface area contributed by atoms with E-state index in [0.29, 0.717) is 24.5 Å². The lowest BCUT2D eigenvalue weighted by molar-refractivity contribution is -0.124. The number of rotatable bonds is 5. The summed E-state index contributed by atoms with van der Waals surface area (Å²) >= 11 is 6.41. The molecule has 1 aliphatic heterocycles. The number of nitrogens with zero attached hydrogens (tertiary/aromatic N) is 3. The molecule has 30 heavy (non-hydrogen) atoms. The molecular formula is C21H25ClN4O4. The Morgan fingerprint density at radius 2 is 1.87 bits per heavy atom. The van der Waals surface area contributed by atoms with Crippen LogP contribution >= 0.6 is 11.6 Å². The second-order valence-corrected chi connectivity index (χ2v) is 7.87. The van der Waals surface area contributed by atoms with Gasteiger partial charge in [0.1, 0.15) is 5.02 Å². The lowest BCUT2D eigenvalue weighted by atomic mass is 10.0. The number of amides is 1. The Bertz CT molecular complexity index is 997. The molecule has 1 aliphatic rings. The number of piperidine rings is 1. The summed E-state index contributed by atoms with van der Waals surface area (Å²) in [6.07, 6.45) is 3.04. The Kier molecular flexibility index (Phi) is 6.77. The first-order chi connectivity index (χ1) is 14.3. The fourth-order valence-electron chi connectivity index (χ4n) is 3.39. The van der Waals surface area contributed by atoms with Crippen LogP contribution in [0.4, 0.5) is 5.69 Å². The number of ether oxygens (including phenoxy) is 1. The summed E-state index contributed by atoms with van der Waals surface area (Å²) in [4.78, 5) is 38.8. The molecule has 0 bridgehead atoms. The summed E-state index contributed by atoms with van der Waals surface area (Å²) in [5.41, 5.74) is 0.556. The zero-order chi connectivity index (χ0) is 21.8. The number of hydrogen-bond acceptors (Lipinski definition) is 6. The number of hydrogen-bond donors (Lipinski definition) is 1. The minimum atomic E-state index is -0.565. The van der Waals surface area contributed by atoms with E-state index in [0.717, 1.165) is 17.5 Å². The van der Waals surface area contributed by atoms with E-state index in [1.165, 1.54) is 13.3 Å². The molecule has 2 aromatic rings. The fraction of sp³-hybridized carbons (Fsp3) is 0.429. The van der Waals surface area contributed by atoms with Gasteiger partial charge in [-0.2, -0.15) is 9.78 Å². The molecular weight excluding hydrogens is 408 g/mol. The number of halogens is 1. The summed E-state index contributed by atoms with van der Waals surface area (Å²) in [6, 6.07) is 6.66. The maximum atomic E-state index is 12.9. The maximum absolute atomic E-state index is 12.9. The van der Waals surface area contributed by atoms with Crippen molar-refractivity contribution in [2.45, 2.75) is 32.7 Å². The molecule has 0 aliphatic carbocycles. The molecule has 8 nitrogen and oxygen atoms in total. The van der Waals surface area contributed by atoms with Gasteiger partial charge in [-0.3, -0.25) is 9.59 Å². The van der Waals surface area contributed by atoms with Crippen molar-refractivity contribution in [1.29, 1.82) is 0 Å². The predicted molar refractivity (Wildman–Crippen MR) is 114 cm³/mol. The van der Waals surface area contributed by atoms with Crippen molar-refractivity contribution in [2.24, 2.45) is 5.92 Å². The predicted octanol–water partition coefficient (Wildman–Crippen LogP) is 2.41. The zero-order valence-electron chi connectivity index (χ0n) is 17.2. The molecule has 1 amide bonds. The lowest BCUT2D eigenvalue weighted by Crippen LogP contribution is -2.46. The number of nitrogens with one attached hydrogen (secondary N) is 1. The smallest absolute Gasteiger partial charge is 0.340 e. The monoisotopic (exact) mass is 432 g/mol. The number of aromatic nitrogens is 2. The van der Waals surface area contributed by atoms with Crippen molar-refractivity contribution >= 4 is 29.2 Å². The van der Waals surface area contributed by atoms with Gasteiger partial charge >= 0.3 is 5.97 Å². The second kappa shape index (κ2) is 9.30. The summed E-state index contributed by atoms with van der Waals surface area (Å²) < 4.78 is 5.89. The van der Waals surface area contributed by atoms with E-state index in [4.69, 9.17) is 16.3 Å². The molecule has 160 valence electrons. The first-order valence-corrected chi connectivity index (χ1v) is 10.2. The van der Waals surface area contributed by atoms with Gasteiger partial charge in [-0.15, -0.1) is 0 Å². The molecule has 0 radical (unpaired) electrons. The van der Waals surface area contributed by atoms with Crippen LogP contribution in [0.15, 0.2) is 35.3 Å². The second-order valence-electron chi connectivity index (χ2n) is 7.49. The summed E-state index contributed by atoms with van der Waals surface area (Å²) in [5.74, 6) is -0.577. The average molecular weight is 433 g/mol. The zero-order valence-corrected chi connectivity index (χ0v) is 18.0. The highest BCUT2D eigenvalue weighted by Gasteiger charge is 2.25. The topological polar surface area (TPSA) is 93.5 Å². The van der Waals surface area contributed by atoms with Crippen molar-refractivity contribution in [3.05, 3.63) is 51.4 Å². The van der Waals surface area contributed by atoms with Crippen LogP contribution in [0.2, 0.25) is 5.02 Å². The normalized spacial score (nSPS) is 14.6. The van der Waals surface area contributed by atoms with Crippen molar-refractivity contribution in [2.75, 3.05) is 25.1 Å². The maximum Gasteiger partial charge on any atom is 0.340 e. The van der Waals surface area contributed by atoms with Gasteiger partial charge in [-0.1, -0.05) is 37.6 Å². The molecule has 1 aromatic carbocycles. The summed E-state index contributed by atoms with van der Waals surface area (Å²) in [7, 11) is 1.28. The standard InChI is InChI=1S/C21H25ClN4O4/c1-13(2)19(27)24-14-8-10-25(11-9-14)17-12-23-26(20(28)18(17)22)16-7-5-4-6-15(16)21(29)30-3/h4-7,12-14H,8-11H2,1-3H3,(H,24,27). The van der Waals surface area contributed by atoms with Gasteiger partial charge in [0.05, 0.1) is 30.2 Å². The number of anilines is 1. The molecule has 1 N–H and O–H groups in total. The first kappa shape index (κ1) is 21.8. The molecule has 0 unspecified atom stereocenters. The van der Waals surface area contributed by atoms with Crippen LogP contribution in [-0.2, 0) is 9.53 Å². The average Bonchev–Trinajstić information content (AvgIpc) is 2.75. The van der Waals surface area contributed by atoms with Gasteiger partial charge in [-0.25, -0.2) is 4.79 Å². The van der Waals surface area contributed by atoms with Gasteiger partial charge in [0, 0.05) is 25.0 Å². The lowest BCUT2D eigenvalue weighted by Gasteiger charge is -2.34. The van der Waals surface area contributed by atoms with Crippen molar-refractivity contribution < 1.29 is 14.3 Å². The van der Waals surface area contributed by atoms with Crippen LogP contribution in [-0.4, -0.2) is 47.9 Å². The van der Waals surface area contributed by atoms with Gasteiger partial charge in [0.25, 0.3) is 5.56 Å². The van der Waals surface area contributed by atoms with Gasteiger partial charge in [0.15, 0.2) is 0 Å². The summed E-state index contributed by atoms with van der Waals surface area (Å²) in [6.45, 7) is 5.02. The molecule has 1 fully saturated rings. The van der Waals surface area contributed by atoms with Crippen LogP contribution in [0.1, 0.15) is 37.0 Å². The van der Waals surface area contributed by atoms with Crippen molar-refractivity contribution in [1.82, 2.24) is 15.1 Å². The van der Waals surface area contributed by atoms with Crippen LogP contribution in [0.5, 0.6) is 0 Å². The van der Waals surface area contributed by atoms with E-state index in [-0.39, 0.29) is 28.5 Å². The largest absolute Gasteiger partial charge is 0.465 e. The van der Waals surface area contributed by atoms with Gasteiger partial charge < -0.3 is 15.0 Å². The number of methoxy groups -OCH3 is 1. The Morgan fingerprint density at radius 3 is 2.50 bits per heavy atom. The van der Waals surface area contributed by atoms with Crippen LogP contribution < -0.4 is 15.8 Å². The molecule has 3 rings (SSSR count). The van der Waals surface area contributed by atoms with E-state index in [2.05, 4.69) is 10.4 Å². The summed E-state index contributed by atoms with van der Waals surface area (Å²) in [5, 5.41) is 7.33. The fourth-order valence-corrected chi connectivity index (χ4v) is 3.64. The highest BCUT2D eigenvalue weighted by Crippen LogP contribution is 2.26. The van der Waals surface area contributed by atoms with E-state index in [1.807, 2.05) is 18.7 Å². The van der Waals surface area contributed by atoms with E-state index in [1.54, 1.807) is 24.3 Å². The van der Waals surface area contributed by atoms with Crippen molar-refractivity contribution in [3.8, 4) is 5.69 Å². The van der Waals surface area contributed by atoms with Gasteiger partial charge in [0.2, 0.25) is 5.91 Å². The highest BCUT2D eigenvalue weighted by atomic mass is 35.5. The number of carbonyl (C=O) groups is 2. The van der Waals surface area contributed by atoms with Crippen LogP contribution in [0, 0.1) is 5.92 Å². The van der Waals surface area contributed by atoms with Gasteiger partial charge in [-0.05, 0) is 25.0 Å². The third-order valence-corrected chi connectivity index (χ3v) is 5.50. The molecule has 2 heterocycles. The molecule has 1 saturated heterocycles. The quantitative estimate of drug-likeness (QED) is 0.729. The van der Waals surface area contributed by atoms with Crippen LogP contribution in [0.3, 0.4) is 0 Å². The Balaban J connectivity index is 1.81. The number of benzene rings is 1. The Morgan fingerprint density at radius 1 is 1.20 bits per heavy atom. The molecule has 0 atom stereocenters. The van der Waals surface area contributed by atoms with Crippen molar-refractivity contribution in [3.63, 3.8) is 0 Å². The Hall–Kier alpha value is -2.87. The molecule has 0 saturated carbocycles. The minimum Gasteiger partial charge on any atom is -0.465 e.